The second-order valence-electron chi connectivity index (χ2n) is 3.31. The lowest BCUT2D eigenvalue weighted by molar-refractivity contribution is 0.308. The first kappa shape index (κ1) is 8.06. The van der Waals surface area contributed by atoms with E-state index >= 15 is 0 Å². The van der Waals surface area contributed by atoms with Crippen molar-refractivity contribution in [3.05, 3.63) is 6.42 Å². The minimum Gasteiger partial charge on any atom is -0.306 e. The first-order valence-corrected chi connectivity index (χ1v) is 4.34. The van der Waals surface area contributed by atoms with Crippen molar-refractivity contribution in [2.45, 2.75) is 26.2 Å². The summed E-state index contributed by atoms with van der Waals surface area (Å²) in [7, 11) is 2.22. The quantitative estimate of drug-likeness (QED) is 0.538. The van der Waals surface area contributed by atoms with Crippen LogP contribution in [0.15, 0.2) is 0 Å². The predicted octanol–water partition coefficient (Wildman–Crippen LogP) is 1.94. The van der Waals surface area contributed by atoms with E-state index in [0.29, 0.717) is 0 Å². The maximum Gasteiger partial charge on any atom is 0.000926 e. The zero-order chi connectivity index (χ0) is 7.40. The van der Waals surface area contributed by atoms with Gasteiger partial charge in [0.25, 0.3) is 0 Å². The third-order valence-electron chi connectivity index (χ3n) is 2.31. The van der Waals surface area contributed by atoms with Crippen LogP contribution in [0.1, 0.15) is 26.2 Å². The van der Waals surface area contributed by atoms with Crippen LogP contribution in [0.2, 0.25) is 0 Å². The molecule has 1 heteroatoms. The molecule has 1 unspecified atom stereocenters. The van der Waals surface area contributed by atoms with Gasteiger partial charge in [-0.05, 0) is 38.8 Å². The highest BCUT2D eigenvalue weighted by atomic mass is 15.1. The number of nitrogens with zero attached hydrogens (tertiary/aromatic N) is 1. The lowest BCUT2D eigenvalue weighted by Gasteiger charge is -2.17. The molecular weight excluding hydrogens is 122 g/mol. The van der Waals surface area contributed by atoms with Crippen molar-refractivity contribution in [1.82, 2.24) is 4.90 Å². The van der Waals surface area contributed by atoms with Gasteiger partial charge in [0.1, 0.15) is 0 Å². The Morgan fingerprint density at radius 1 is 1.60 bits per heavy atom. The van der Waals surface area contributed by atoms with Crippen LogP contribution in [0.5, 0.6) is 0 Å². The topological polar surface area (TPSA) is 3.24 Å². The van der Waals surface area contributed by atoms with Crippen molar-refractivity contribution >= 4 is 0 Å². The predicted molar refractivity (Wildman–Crippen MR) is 44.8 cm³/mol. The van der Waals surface area contributed by atoms with E-state index < -0.39 is 0 Å². The lowest BCUT2D eigenvalue weighted by atomic mass is 10.0. The normalized spacial score (nSPS) is 30.0. The van der Waals surface area contributed by atoms with Crippen LogP contribution in [-0.2, 0) is 0 Å². The molecule has 0 N–H and O–H groups in total. The number of likely N-dealkylation sites (tertiary alicyclic amines) is 1. The summed E-state index contributed by atoms with van der Waals surface area (Å²) in [6, 6.07) is 0. The molecule has 0 bridgehead atoms. The van der Waals surface area contributed by atoms with Gasteiger partial charge in [-0.25, -0.2) is 0 Å². The van der Waals surface area contributed by atoms with Gasteiger partial charge in [-0.3, -0.25) is 0 Å². The van der Waals surface area contributed by atoms with Crippen molar-refractivity contribution in [2.75, 3.05) is 20.1 Å². The Bertz CT molecular complexity index is 90.7. The Labute approximate surface area is 64.4 Å². The van der Waals surface area contributed by atoms with Crippen molar-refractivity contribution in [2.24, 2.45) is 5.92 Å². The fourth-order valence-corrected chi connectivity index (χ4v) is 1.58. The molecule has 1 aliphatic heterocycles. The molecule has 1 saturated heterocycles. The molecule has 0 aromatic carbocycles. The Kier molecular flexibility index (Phi) is 3.20. The van der Waals surface area contributed by atoms with E-state index in [0.717, 1.165) is 5.92 Å². The molecule has 0 aromatic heterocycles. The SMILES string of the molecule is CCC1[CH]CCCN(C)C1. The van der Waals surface area contributed by atoms with Crippen LogP contribution in [0, 0.1) is 12.3 Å². The van der Waals surface area contributed by atoms with Gasteiger partial charge < -0.3 is 4.90 Å². The molecule has 1 aliphatic rings. The summed E-state index contributed by atoms with van der Waals surface area (Å²) in [4.78, 5) is 2.44. The Hall–Kier alpha value is -0.0400. The molecule has 1 heterocycles. The molecule has 1 rings (SSSR count). The summed E-state index contributed by atoms with van der Waals surface area (Å²) in [6.45, 7) is 4.84. The fourth-order valence-electron chi connectivity index (χ4n) is 1.58. The minimum absolute atomic E-state index is 0.854. The first-order valence-electron chi connectivity index (χ1n) is 4.34. The smallest absolute Gasteiger partial charge is 0.000926 e. The second-order valence-corrected chi connectivity index (χ2v) is 3.31. The highest BCUT2D eigenvalue weighted by Gasteiger charge is 2.12. The van der Waals surface area contributed by atoms with Gasteiger partial charge in [-0.15, -0.1) is 0 Å². The van der Waals surface area contributed by atoms with Gasteiger partial charge in [0.15, 0.2) is 0 Å². The van der Waals surface area contributed by atoms with Gasteiger partial charge in [0.2, 0.25) is 0 Å². The monoisotopic (exact) mass is 140 g/mol. The van der Waals surface area contributed by atoms with Crippen molar-refractivity contribution in [1.29, 1.82) is 0 Å². The zero-order valence-corrected chi connectivity index (χ0v) is 7.14. The number of hydrogen-bond donors (Lipinski definition) is 0. The number of hydrogen-bond acceptors (Lipinski definition) is 1. The summed E-state index contributed by atoms with van der Waals surface area (Å²) in [6.07, 6.45) is 6.48. The molecule has 0 spiro atoms. The van der Waals surface area contributed by atoms with Crippen LogP contribution in [0.4, 0.5) is 0 Å². The second kappa shape index (κ2) is 3.97. The average Bonchev–Trinajstić information content (AvgIpc) is 2.13. The standard InChI is InChI=1S/C9H18N/c1-3-9-6-4-5-7-10(2)8-9/h6,9H,3-5,7-8H2,1-2H3. The van der Waals surface area contributed by atoms with E-state index in [-0.39, 0.29) is 0 Å². The van der Waals surface area contributed by atoms with Gasteiger partial charge in [-0.1, -0.05) is 13.3 Å². The summed E-state index contributed by atoms with van der Waals surface area (Å²) < 4.78 is 0. The maximum absolute atomic E-state index is 2.49. The molecule has 1 radical (unpaired) electrons. The first-order chi connectivity index (χ1) is 4.83. The Balaban J connectivity index is 2.30. The van der Waals surface area contributed by atoms with Gasteiger partial charge >= 0.3 is 0 Å². The summed E-state index contributed by atoms with van der Waals surface area (Å²) in [5.74, 6) is 0.854. The lowest BCUT2D eigenvalue weighted by Crippen LogP contribution is -2.23. The van der Waals surface area contributed by atoms with E-state index in [2.05, 4.69) is 25.3 Å². The molecule has 0 saturated carbocycles. The maximum atomic E-state index is 2.49. The Morgan fingerprint density at radius 3 is 3.10 bits per heavy atom. The number of rotatable bonds is 1. The molecule has 0 aliphatic carbocycles. The van der Waals surface area contributed by atoms with E-state index in [4.69, 9.17) is 0 Å². The molecular formula is C9H18N. The molecule has 1 nitrogen and oxygen atoms in total. The fraction of sp³-hybridized carbons (Fsp3) is 0.889. The highest BCUT2D eigenvalue weighted by Crippen LogP contribution is 2.16. The third-order valence-corrected chi connectivity index (χ3v) is 2.31. The van der Waals surface area contributed by atoms with Crippen molar-refractivity contribution < 1.29 is 0 Å². The van der Waals surface area contributed by atoms with Crippen LogP contribution >= 0.6 is 0 Å². The Morgan fingerprint density at radius 2 is 2.40 bits per heavy atom. The minimum atomic E-state index is 0.854. The van der Waals surface area contributed by atoms with E-state index in [1.807, 2.05) is 0 Å². The summed E-state index contributed by atoms with van der Waals surface area (Å²) >= 11 is 0. The van der Waals surface area contributed by atoms with Crippen molar-refractivity contribution in [3.8, 4) is 0 Å². The molecule has 0 aromatic rings. The van der Waals surface area contributed by atoms with E-state index in [9.17, 15) is 0 Å². The molecule has 1 atom stereocenters. The van der Waals surface area contributed by atoms with Crippen LogP contribution in [0.25, 0.3) is 0 Å². The summed E-state index contributed by atoms with van der Waals surface area (Å²) in [5, 5.41) is 0. The molecule has 1 fully saturated rings. The summed E-state index contributed by atoms with van der Waals surface area (Å²) in [5.41, 5.74) is 0. The average molecular weight is 140 g/mol. The zero-order valence-electron chi connectivity index (χ0n) is 7.14. The van der Waals surface area contributed by atoms with Crippen molar-refractivity contribution in [3.63, 3.8) is 0 Å². The third kappa shape index (κ3) is 2.30. The largest absolute Gasteiger partial charge is 0.306 e. The van der Waals surface area contributed by atoms with Gasteiger partial charge in [0.05, 0.1) is 0 Å². The van der Waals surface area contributed by atoms with E-state index in [1.54, 1.807) is 0 Å². The molecule has 10 heavy (non-hydrogen) atoms. The van der Waals surface area contributed by atoms with Gasteiger partial charge in [-0.2, -0.15) is 0 Å². The van der Waals surface area contributed by atoms with Crippen LogP contribution in [0.3, 0.4) is 0 Å². The molecule has 0 amide bonds. The van der Waals surface area contributed by atoms with Crippen LogP contribution in [-0.4, -0.2) is 25.0 Å². The van der Waals surface area contributed by atoms with Crippen LogP contribution < -0.4 is 0 Å². The van der Waals surface area contributed by atoms with Gasteiger partial charge in [0, 0.05) is 6.54 Å². The van der Waals surface area contributed by atoms with E-state index in [1.165, 1.54) is 32.4 Å². The highest BCUT2D eigenvalue weighted by molar-refractivity contribution is 4.80. The molecule has 59 valence electrons.